The Morgan fingerprint density at radius 2 is 2.15 bits per heavy atom. The van der Waals surface area contributed by atoms with Gasteiger partial charge in [-0.2, -0.15) is 0 Å². The van der Waals surface area contributed by atoms with E-state index in [4.69, 9.17) is 11.6 Å². The summed E-state index contributed by atoms with van der Waals surface area (Å²) in [6.07, 6.45) is 2.33. The molecule has 0 saturated heterocycles. The minimum absolute atomic E-state index is 0.158. The number of carboxylic acids is 1. The SMILES string of the molecule is CC1(C)C[C@@H](C(=O)O)n2c1c(Cl)nc(NC1CC1)c2=O. The molecule has 2 heterocycles. The van der Waals surface area contributed by atoms with Gasteiger partial charge in [0.1, 0.15) is 6.04 Å². The van der Waals surface area contributed by atoms with Crippen molar-refractivity contribution in [2.45, 2.75) is 50.6 Å². The van der Waals surface area contributed by atoms with E-state index in [9.17, 15) is 14.7 Å². The maximum Gasteiger partial charge on any atom is 0.326 e. The number of aliphatic carboxylic acids is 1. The highest BCUT2D eigenvalue weighted by Crippen LogP contribution is 2.42. The predicted molar refractivity (Wildman–Crippen MR) is 74.5 cm³/mol. The Labute approximate surface area is 120 Å². The lowest BCUT2D eigenvalue weighted by Gasteiger charge is -2.18. The van der Waals surface area contributed by atoms with Gasteiger partial charge < -0.3 is 10.4 Å². The number of carboxylic acid groups (broad SMARTS) is 1. The smallest absolute Gasteiger partial charge is 0.326 e. The lowest BCUT2D eigenvalue weighted by atomic mass is 9.87. The van der Waals surface area contributed by atoms with Crippen molar-refractivity contribution in [3.63, 3.8) is 0 Å². The Kier molecular flexibility index (Phi) is 2.83. The zero-order valence-electron chi connectivity index (χ0n) is 11.3. The van der Waals surface area contributed by atoms with Gasteiger partial charge in [0.05, 0.1) is 5.69 Å². The predicted octanol–water partition coefficient (Wildman–Crippen LogP) is 1.78. The summed E-state index contributed by atoms with van der Waals surface area (Å²) in [5, 5.41) is 12.6. The molecule has 1 aliphatic heterocycles. The molecule has 0 aromatic carbocycles. The van der Waals surface area contributed by atoms with Crippen LogP contribution in [0.2, 0.25) is 5.15 Å². The van der Waals surface area contributed by atoms with E-state index in [0.29, 0.717) is 12.1 Å². The molecule has 7 heteroatoms. The second-order valence-electron chi connectivity index (χ2n) is 6.14. The number of carbonyl (C=O) groups is 1. The van der Waals surface area contributed by atoms with Gasteiger partial charge in [-0.05, 0) is 19.3 Å². The van der Waals surface area contributed by atoms with E-state index in [1.165, 1.54) is 4.57 Å². The second-order valence-corrected chi connectivity index (χ2v) is 6.49. The van der Waals surface area contributed by atoms with Crippen molar-refractivity contribution < 1.29 is 9.90 Å². The largest absolute Gasteiger partial charge is 0.480 e. The molecule has 0 bridgehead atoms. The highest BCUT2D eigenvalue weighted by Gasteiger charge is 2.44. The average molecular weight is 298 g/mol. The zero-order chi connectivity index (χ0) is 14.7. The van der Waals surface area contributed by atoms with Gasteiger partial charge in [-0.1, -0.05) is 25.4 Å². The first-order valence-electron chi connectivity index (χ1n) is 6.63. The molecule has 1 saturated carbocycles. The minimum Gasteiger partial charge on any atom is -0.480 e. The highest BCUT2D eigenvalue weighted by atomic mass is 35.5. The van der Waals surface area contributed by atoms with Crippen LogP contribution in [0.25, 0.3) is 0 Å². The molecule has 20 heavy (non-hydrogen) atoms. The molecule has 1 aliphatic carbocycles. The Bertz CT molecular complexity index is 649. The van der Waals surface area contributed by atoms with E-state index in [-0.39, 0.29) is 17.0 Å². The van der Waals surface area contributed by atoms with Crippen LogP contribution in [-0.4, -0.2) is 26.7 Å². The molecule has 3 rings (SSSR count). The number of fused-ring (bicyclic) bond motifs is 1. The molecule has 0 amide bonds. The molecule has 1 fully saturated rings. The third-order valence-electron chi connectivity index (χ3n) is 3.93. The summed E-state index contributed by atoms with van der Waals surface area (Å²) in [4.78, 5) is 28.1. The van der Waals surface area contributed by atoms with Crippen molar-refractivity contribution in [1.29, 1.82) is 0 Å². The lowest BCUT2D eigenvalue weighted by Crippen LogP contribution is -2.31. The quantitative estimate of drug-likeness (QED) is 0.888. The highest BCUT2D eigenvalue weighted by molar-refractivity contribution is 6.30. The molecule has 1 aromatic rings. The fraction of sp³-hybridized carbons (Fsp3) is 0.615. The molecule has 6 nitrogen and oxygen atoms in total. The van der Waals surface area contributed by atoms with Crippen LogP contribution in [-0.2, 0) is 10.2 Å². The van der Waals surface area contributed by atoms with Crippen LogP contribution >= 0.6 is 11.6 Å². The third kappa shape index (κ3) is 1.98. The van der Waals surface area contributed by atoms with E-state index in [2.05, 4.69) is 10.3 Å². The van der Waals surface area contributed by atoms with Crippen molar-refractivity contribution in [3.8, 4) is 0 Å². The molecule has 1 aromatic heterocycles. The first-order chi connectivity index (χ1) is 9.31. The van der Waals surface area contributed by atoms with Crippen LogP contribution in [0.1, 0.15) is 44.8 Å². The summed E-state index contributed by atoms with van der Waals surface area (Å²) in [5.74, 6) is -0.858. The first-order valence-corrected chi connectivity index (χ1v) is 7.01. The molecule has 108 valence electrons. The summed E-state index contributed by atoms with van der Waals surface area (Å²) < 4.78 is 1.29. The molecule has 0 spiro atoms. The first kappa shape index (κ1) is 13.4. The Morgan fingerprint density at radius 3 is 2.70 bits per heavy atom. The number of hydrogen-bond donors (Lipinski definition) is 2. The van der Waals surface area contributed by atoms with Crippen molar-refractivity contribution in [3.05, 3.63) is 21.2 Å². The van der Waals surface area contributed by atoms with Gasteiger partial charge in [0.25, 0.3) is 5.56 Å². The van der Waals surface area contributed by atoms with Crippen LogP contribution in [0.5, 0.6) is 0 Å². The molecule has 2 N–H and O–H groups in total. The van der Waals surface area contributed by atoms with E-state index < -0.39 is 23.0 Å². The van der Waals surface area contributed by atoms with Crippen LogP contribution in [0.15, 0.2) is 4.79 Å². The van der Waals surface area contributed by atoms with E-state index in [1.54, 1.807) is 0 Å². The summed E-state index contributed by atoms with van der Waals surface area (Å²) in [7, 11) is 0. The lowest BCUT2D eigenvalue weighted by molar-refractivity contribution is -0.140. The van der Waals surface area contributed by atoms with E-state index in [1.807, 2.05) is 13.8 Å². The third-order valence-corrected chi connectivity index (χ3v) is 4.19. The maximum atomic E-state index is 12.5. The number of aromatic nitrogens is 2. The number of hydrogen-bond acceptors (Lipinski definition) is 4. The zero-order valence-corrected chi connectivity index (χ0v) is 12.1. The van der Waals surface area contributed by atoms with Crippen molar-refractivity contribution >= 4 is 23.4 Å². The standard InChI is InChI=1S/C13H16ClN3O3/c1-13(2)5-7(12(19)20)17-8(13)9(14)16-10(11(17)18)15-6-3-4-6/h6-7H,3-5H2,1-2H3,(H,15,16)(H,19,20)/t7-/m0/s1. The van der Waals surface area contributed by atoms with E-state index >= 15 is 0 Å². The number of nitrogens with one attached hydrogen (secondary N) is 1. The monoisotopic (exact) mass is 297 g/mol. The fourth-order valence-corrected chi connectivity index (χ4v) is 3.23. The van der Waals surface area contributed by atoms with Crippen LogP contribution in [0, 0.1) is 0 Å². The summed E-state index contributed by atoms with van der Waals surface area (Å²) in [6.45, 7) is 3.76. The molecular weight excluding hydrogens is 282 g/mol. The second kappa shape index (κ2) is 4.22. The van der Waals surface area contributed by atoms with Gasteiger partial charge in [-0.15, -0.1) is 0 Å². The van der Waals surface area contributed by atoms with Gasteiger partial charge in [-0.25, -0.2) is 9.78 Å². The van der Waals surface area contributed by atoms with Crippen molar-refractivity contribution in [2.24, 2.45) is 0 Å². The fourth-order valence-electron chi connectivity index (χ4n) is 2.80. The molecular formula is C13H16ClN3O3. The summed E-state index contributed by atoms with van der Waals surface area (Å²) >= 11 is 6.20. The number of rotatable bonds is 3. The summed E-state index contributed by atoms with van der Waals surface area (Å²) in [6, 6.07) is -0.629. The maximum absolute atomic E-state index is 12.5. The van der Waals surface area contributed by atoms with Crippen LogP contribution in [0.3, 0.4) is 0 Å². The number of halogens is 1. The van der Waals surface area contributed by atoms with Gasteiger partial charge in [0.15, 0.2) is 11.0 Å². The van der Waals surface area contributed by atoms with Crippen LogP contribution < -0.4 is 10.9 Å². The van der Waals surface area contributed by atoms with Gasteiger partial charge in [0, 0.05) is 11.5 Å². The van der Waals surface area contributed by atoms with Crippen molar-refractivity contribution in [1.82, 2.24) is 9.55 Å². The average Bonchev–Trinajstić information content (AvgIpc) is 3.08. The van der Waals surface area contributed by atoms with Crippen LogP contribution in [0.4, 0.5) is 5.82 Å². The Hall–Kier alpha value is -1.56. The molecule has 2 aliphatic rings. The number of anilines is 1. The molecule has 1 atom stereocenters. The number of nitrogens with zero attached hydrogens (tertiary/aromatic N) is 2. The minimum atomic E-state index is -1.02. The van der Waals surface area contributed by atoms with Gasteiger partial charge >= 0.3 is 5.97 Å². The topological polar surface area (TPSA) is 84.2 Å². The Morgan fingerprint density at radius 1 is 1.50 bits per heavy atom. The normalized spacial score (nSPS) is 23.4. The molecule has 0 radical (unpaired) electrons. The van der Waals surface area contributed by atoms with Gasteiger partial charge in [-0.3, -0.25) is 9.36 Å². The van der Waals surface area contributed by atoms with Crippen molar-refractivity contribution in [2.75, 3.05) is 5.32 Å². The van der Waals surface area contributed by atoms with Gasteiger partial charge in [0.2, 0.25) is 0 Å². The molecule has 0 unspecified atom stereocenters. The van der Waals surface area contributed by atoms with E-state index in [0.717, 1.165) is 12.8 Å². The Balaban J connectivity index is 2.19. The summed E-state index contributed by atoms with van der Waals surface area (Å²) in [5.41, 5.74) is -0.364.